The van der Waals surface area contributed by atoms with Crippen LogP contribution in [-0.2, 0) is 0 Å². The average Bonchev–Trinajstić information content (AvgIpc) is 2.47. The number of hydrogen-bond donors (Lipinski definition) is 2. The van der Waals surface area contributed by atoms with Crippen molar-refractivity contribution in [3.05, 3.63) is 53.6 Å². The summed E-state index contributed by atoms with van der Waals surface area (Å²) in [5, 5.41) is 2.66. The van der Waals surface area contributed by atoms with Crippen molar-refractivity contribution in [3.63, 3.8) is 0 Å². The van der Waals surface area contributed by atoms with Gasteiger partial charge in [-0.05, 0) is 41.8 Å². The van der Waals surface area contributed by atoms with Crippen molar-refractivity contribution >= 4 is 23.4 Å². The van der Waals surface area contributed by atoms with E-state index in [0.717, 1.165) is 9.79 Å². The predicted molar refractivity (Wildman–Crippen MR) is 88.9 cm³/mol. The maximum atomic E-state index is 11.9. The molecular weight excluding hydrogens is 280 g/mol. The molecule has 0 spiro atoms. The van der Waals surface area contributed by atoms with Crippen molar-refractivity contribution in [1.29, 1.82) is 0 Å². The van der Waals surface area contributed by atoms with Gasteiger partial charge in [-0.2, -0.15) is 0 Å². The summed E-state index contributed by atoms with van der Waals surface area (Å²) in [6.45, 7) is 4.34. The standard InChI is InChI=1S/C17H20N2OS/c1-11(2)12-4-7-14(8-5-12)21-16-10-13(18)6-9-15(16)17(20)19-3/h4-11H,18H2,1-3H3,(H,19,20). The Morgan fingerprint density at radius 1 is 1.14 bits per heavy atom. The van der Waals surface area contributed by atoms with Crippen molar-refractivity contribution in [2.75, 3.05) is 12.8 Å². The van der Waals surface area contributed by atoms with Crippen LogP contribution >= 0.6 is 11.8 Å². The summed E-state index contributed by atoms with van der Waals surface area (Å²) < 4.78 is 0. The van der Waals surface area contributed by atoms with Gasteiger partial charge in [0.15, 0.2) is 0 Å². The molecule has 3 N–H and O–H groups in total. The molecule has 0 atom stereocenters. The Morgan fingerprint density at radius 2 is 1.81 bits per heavy atom. The van der Waals surface area contributed by atoms with Gasteiger partial charge in [0.25, 0.3) is 5.91 Å². The summed E-state index contributed by atoms with van der Waals surface area (Å²) >= 11 is 1.55. The second-order valence-electron chi connectivity index (χ2n) is 5.16. The largest absolute Gasteiger partial charge is 0.399 e. The molecule has 21 heavy (non-hydrogen) atoms. The monoisotopic (exact) mass is 300 g/mol. The van der Waals surface area contributed by atoms with Crippen LogP contribution in [0.1, 0.15) is 35.7 Å². The van der Waals surface area contributed by atoms with E-state index < -0.39 is 0 Å². The summed E-state index contributed by atoms with van der Waals surface area (Å²) in [5.41, 5.74) is 8.45. The minimum Gasteiger partial charge on any atom is -0.399 e. The van der Waals surface area contributed by atoms with E-state index in [1.165, 1.54) is 5.56 Å². The van der Waals surface area contributed by atoms with Gasteiger partial charge in [0.05, 0.1) is 5.56 Å². The molecule has 2 aromatic rings. The highest BCUT2D eigenvalue weighted by atomic mass is 32.2. The van der Waals surface area contributed by atoms with Crippen molar-refractivity contribution < 1.29 is 4.79 Å². The molecule has 4 heteroatoms. The highest BCUT2D eigenvalue weighted by molar-refractivity contribution is 7.99. The Bertz CT molecular complexity index is 636. The predicted octanol–water partition coefficient (Wildman–Crippen LogP) is 3.90. The molecule has 0 bridgehead atoms. The highest BCUT2D eigenvalue weighted by Gasteiger charge is 2.11. The van der Waals surface area contributed by atoms with E-state index in [1.807, 2.05) is 6.07 Å². The normalized spacial score (nSPS) is 10.7. The summed E-state index contributed by atoms with van der Waals surface area (Å²) in [7, 11) is 1.63. The molecule has 0 aromatic heterocycles. The zero-order valence-electron chi connectivity index (χ0n) is 12.5. The third-order valence-electron chi connectivity index (χ3n) is 3.25. The topological polar surface area (TPSA) is 55.1 Å². The van der Waals surface area contributed by atoms with E-state index >= 15 is 0 Å². The van der Waals surface area contributed by atoms with Gasteiger partial charge < -0.3 is 11.1 Å². The van der Waals surface area contributed by atoms with Crippen LogP contribution in [0.4, 0.5) is 5.69 Å². The minimum atomic E-state index is -0.101. The fourth-order valence-electron chi connectivity index (χ4n) is 1.99. The molecule has 0 aliphatic carbocycles. The molecule has 0 aliphatic heterocycles. The lowest BCUT2D eigenvalue weighted by atomic mass is 10.0. The van der Waals surface area contributed by atoms with E-state index in [-0.39, 0.29) is 5.91 Å². The summed E-state index contributed by atoms with van der Waals surface area (Å²) in [4.78, 5) is 13.9. The molecule has 0 fully saturated rings. The van der Waals surface area contributed by atoms with E-state index in [2.05, 4.69) is 43.4 Å². The molecule has 1 amide bonds. The van der Waals surface area contributed by atoms with Crippen LogP contribution in [0, 0.1) is 0 Å². The number of nitrogen functional groups attached to an aromatic ring is 1. The zero-order valence-corrected chi connectivity index (χ0v) is 13.3. The number of benzene rings is 2. The van der Waals surface area contributed by atoms with Crippen molar-refractivity contribution in [1.82, 2.24) is 5.32 Å². The van der Waals surface area contributed by atoms with Gasteiger partial charge >= 0.3 is 0 Å². The summed E-state index contributed by atoms with van der Waals surface area (Å²) in [6, 6.07) is 13.8. The lowest BCUT2D eigenvalue weighted by molar-refractivity contribution is 0.0960. The first kappa shape index (κ1) is 15.4. The summed E-state index contributed by atoms with van der Waals surface area (Å²) in [6.07, 6.45) is 0. The van der Waals surface area contributed by atoms with Gasteiger partial charge in [-0.15, -0.1) is 0 Å². The molecule has 0 saturated carbocycles. The van der Waals surface area contributed by atoms with E-state index in [1.54, 1.807) is 30.9 Å². The van der Waals surface area contributed by atoms with Gasteiger partial charge in [0.2, 0.25) is 0 Å². The minimum absolute atomic E-state index is 0.101. The summed E-state index contributed by atoms with van der Waals surface area (Å²) in [5.74, 6) is 0.411. The Balaban J connectivity index is 2.30. The average molecular weight is 300 g/mol. The number of hydrogen-bond acceptors (Lipinski definition) is 3. The quantitative estimate of drug-likeness (QED) is 0.842. The van der Waals surface area contributed by atoms with Gasteiger partial charge in [0.1, 0.15) is 0 Å². The Morgan fingerprint density at radius 3 is 2.38 bits per heavy atom. The van der Waals surface area contributed by atoms with E-state index in [9.17, 15) is 4.79 Å². The maximum absolute atomic E-state index is 11.9. The molecule has 0 aliphatic rings. The first-order valence-corrected chi connectivity index (χ1v) is 7.72. The number of carbonyl (C=O) groups is 1. The second-order valence-corrected chi connectivity index (χ2v) is 6.28. The second kappa shape index (κ2) is 6.68. The van der Waals surface area contributed by atoms with Crippen LogP contribution < -0.4 is 11.1 Å². The van der Waals surface area contributed by atoms with Gasteiger partial charge in [0, 0.05) is 22.5 Å². The smallest absolute Gasteiger partial charge is 0.252 e. The number of nitrogens with one attached hydrogen (secondary N) is 1. The molecule has 3 nitrogen and oxygen atoms in total. The van der Waals surface area contributed by atoms with Crippen LogP contribution in [0.3, 0.4) is 0 Å². The third-order valence-corrected chi connectivity index (χ3v) is 4.32. The third kappa shape index (κ3) is 3.79. The van der Waals surface area contributed by atoms with Crippen LogP contribution in [0.15, 0.2) is 52.3 Å². The van der Waals surface area contributed by atoms with Crippen molar-refractivity contribution in [2.24, 2.45) is 0 Å². The first-order valence-electron chi connectivity index (χ1n) is 6.90. The maximum Gasteiger partial charge on any atom is 0.252 e. The number of nitrogens with two attached hydrogens (primary N) is 1. The Hall–Kier alpha value is -1.94. The van der Waals surface area contributed by atoms with Crippen molar-refractivity contribution in [2.45, 2.75) is 29.6 Å². The molecule has 0 radical (unpaired) electrons. The van der Waals surface area contributed by atoms with Crippen molar-refractivity contribution in [3.8, 4) is 0 Å². The number of anilines is 1. The molecule has 0 saturated heterocycles. The zero-order chi connectivity index (χ0) is 15.4. The first-order chi connectivity index (χ1) is 10.0. The highest BCUT2D eigenvalue weighted by Crippen LogP contribution is 2.32. The van der Waals surface area contributed by atoms with Crippen LogP contribution in [0.5, 0.6) is 0 Å². The Labute approximate surface area is 129 Å². The lowest BCUT2D eigenvalue weighted by Gasteiger charge is -2.10. The molecule has 0 heterocycles. The van der Waals surface area contributed by atoms with E-state index in [0.29, 0.717) is 17.2 Å². The van der Waals surface area contributed by atoms with Gasteiger partial charge in [-0.25, -0.2) is 0 Å². The molecule has 0 unspecified atom stereocenters. The van der Waals surface area contributed by atoms with Crippen LogP contribution in [0.25, 0.3) is 0 Å². The Kier molecular flexibility index (Phi) is 4.91. The van der Waals surface area contributed by atoms with Gasteiger partial charge in [-0.1, -0.05) is 37.7 Å². The number of carbonyl (C=O) groups excluding carboxylic acids is 1. The molecule has 110 valence electrons. The fourth-order valence-corrected chi connectivity index (χ4v) is 2.99. The molecule has 2 aromatic carbocycles. The fraction of sp³-hybridized carbons (Fsp3) is 0.235. The number of amides is 1. The van der Waals surface area contributed by atoms with E-state index in [4.69, 9.17) is 5.73 Å². The molecular formula is C17H20N2OS. The SMILES string of the molecule is CNC(=O)c1ccc(N)cc1Sc1ccc(C(C)C)cc1. The lowest BCUT2D eigenvalue weighted by Crippen LogP contribution is -2.18. The number of rotatable bonds is 4. The molecule has 2 rings (SSSR count). The van der Waals surface area contributed by atoms with Crippen LogP contribution in [0.2, 0.25) is 0 Å². The van der Waals surface area contributed by atoms with Crippen LogP contribution in [-0.4, -0.2) is 13.0 Å². The van der Waals surface area contributed by atoms with Gasteiger partial charge in [-0.3, -0.25) is 4.79 Å².